The number of benzene rings is 2. The molecule has 0 fully saturated rings. The Kier molecular flexibility index (Phi) is 6.17. The van der Waals surface area contributed by atoms with Crippen molar-refractivity contribution in [3.05, 3.63) is 53.6 Å². The van der Waals surface area contributed by atoms with Gasteiger partial charge in [-0.05, 0) is 42.0 Å². The van der Waals surface area contributed by atoms with E-state index in [-0.39, 0.29) is 23.0 Å². The zero-order chi connectivity index (χ0) is 17.4. The highest BCUT2D eigenvalue weighted by Crippen LogP contribution is 2.25. The number of carboxylic acids is 1. The van der Waals surface area contributed by atoms with Gasteiger partial charge in [0.1, 0.15) is 6.29 Å². The maximum atomic E-state index is 10.1. The summed E-state index contributed by atoms with van der Waals surface area (Å²) in [7, 11) is 0. The fourth-order valence-corrected chi connectivity index (χ4v) is 1.43. The summed E-state index contributed by atoms with van der Waals surface area (Å²) in [5.74, 6) is -2.05. The molecule has 0 heterocycles. The van der Waals surface area contributed by atoms with Crippen LogP contribution in [0.15, 0.2) is 42.5 Å². The Morgan fingerprint density at radius 2 is 1.26 bits per heavy atom. The van der Waals surface area contributed by atoms with Crippen LogP contribution in [0.25, 0.3) is 6.08 Å². The molecule has 0 radical (unpaired) electrons. The summed E-state index contributed by atoms with van der Waals surface area (Å²) in [4.78, 5) is 20.2. The Balaban J connectivity index is 0.000000238. The molecule has 5 N–H and O–H groups in total. The Morgan fingerprint density at radius 1 is 0.783 bits per heavy atom. The predicted molar refractivity (Wildman–Crippen MR) is 81.6 cm³/mol. The maximum Gasteiger partial charge on any atom is 0.328 e. The number of phenolic OH excluding ortho intramolecular Hbond substituents is 4. The van der Waals surface area contributed by atoms with E-state index in [2.05, 4.69) is 0 Å². The molecular weight excluding hydrogens is 304 g/mol. The molecule has 23 heavy (non-hydrogen) atoms. The largest absolute Gasteiger partial charge is 0.504 e. The Hall–Kier alpha value is -3.48. The van der Waals surface area contributed by atoms with Crippen molar-refractivity contribution in [3.8, 4) is 23.0 Å². The zero-order valence-corrected chi connectivity index (χ0v) is 11.7. The van der Waals surface area contributed by atoms with Crippen LogP contribution in [0.3, 0.4) is 0 Å². The van der Waals surface area contributed by atoms with E-state index in [1.165, 1.54) is 42.5 Å². The molecule has 0 saturated carbocycles. The van der Waals surface area contributed by atoms with Gasteiger partial charge in [-0.3, -0.25) is 4.79 Å². The van der Waals surface area contributed by atoms with Gasteiger partial charge in [0.15, 0.2) is 23.0 Å². The second-order valence-electron chi connectivity index (χ2n) is 4.29. The van der Waals surface area contributed by atoms with Gasteiger partial charge in [-0.2, -0.15) is 0 Å². The summed E-state index contributed by atoms with van der Waals surface area (Å²) < 4.78 is 0. The van der Waals surface area contributed by atoms with Crippen molar-refractivity contribution < 1.29 is 35.1 Å². The highest BCUT2D eigenvalue weighted by atomic mass is 16.4. The van der Waals surface area contributed by atoms with Crippen molar-refractivity contribution in [2.45, 2.75) is 0 Å². The minimum Gasteiger partial charge on any atom is -0.504 e. The van der Waals surface area contributed by atoms with Crippen LogP contribution in [0.1, 0.15) is 15.9 Å². The van der Waals surface area contributed by atoms with E-state index < -0.39 is 5.97 Å². The molecule has 0 aliphatic heterocycles. The molecule has 7 nitrogen and oxygen atoms in total. The molecule has 0 aliphatic rings. The van der Waals surface area contributed by atoms with Crippen molar-refractivity contribution in [3.63, 3.8) is 0 Å². The molecule has 120 valence electrons. The summed E-state index contributed by atoms with van der Waals surface area (Å²) in [5.41, 5.74) is 0.855. The lowest BCUT2D eigenvalue weighted by Gasteiger charge is -1.97. The third kappa shape index (κ3) is 5.80. The van der Waals surface area contributed by atoms with Crippen molar-refractivity contribution in [1.82, 2.24) is 0 Å². The van der Waals surface area contributed by atoms with Gasteiger partial charge in [-0.15, -0.1) is 0 Å². The highest BCUT2D eigenvalue weighted by molar-refractivity contribution is 5.85. The molecule has 0 bridgehead atoms. The third-order valence-corrected chi connectivity index (χ3v) is 2.55. The van der Waals surface area contributed by atoms with E-state index in [0.717, 1.165) is 6.08 Å². The number of aliphatic carboxylic acids is 1. The van der Waals surface area contributed by atoms with Crippen molar-refractivity contribution in [2.24, 2.45) is 0 Å². The number of phenols is 4. The van der Waals surface area contributed by atoms with Gasteiger partial charge >= 0.3 is 5.97 Å². The molecule has 0 spiro atoms. The fraction of sp³-hybridized carbons (Fsp3) is 0. The second-order valence-corrected chi connectivity index (χ2v) is 4.29. The van der Waals surface area contributed by atoms with Gasteiger partial charge in [0.2, 0.25) is 0 Å². The first kappa shape index (κ1) is 17.6. The lowest BCUT2D eigenvalue weighted by atomic mass is 10.2. The number of aldehydes is 1. The summed E-state index contributed by atoms with van der Waals surface area (Å²) >= 11 is 0. The van der Waals surface area contributed by atoms with Crippen LogP contribution in [0.4, 0.5) is 0 Å². The van der Waals surface area contributed by atoms with Gasteiger partial charge in [0.25, 0.3) is 0 Å². The van der Waals surface area contributed by atoms with Gasteiger partial charge in [-0.1, -0.05) is 6.07 Å². The Bertz CT molecular complexity index is 735. The van der Waals surface area contributed by atoms with Crippen LogP contribution in [-0.4, -0.2) is 37.8 Å². The van der Waals surface area contributed by atoms with Crippen molar-refractivity contribution >= 4 is 18.3 Å². The van der Waals surface area contributed by atoms with Crippen LogP contribution < -0.4 is 0 Å². The lowest BCUT2D eigenvalue weighted by Crippen LogP contribution is -1.85. The zero-order valence-electron chi connectivity index (χ0n) is 11.7. The quantitative estimate of drug-likeness (QED) is 0.332. The first-order chi connectivity index (χ1) is 10.8. The molecule has 0 saturated heterocycles. The average Bonchev–Trinajstić information content (AvgIpc) is 2.52. The molecule has 2 aromatic carbocycles. The van der Waals surface area contributed by atoms with E-state index in [1.54, 1.807) is 0 Å². The number of hydrogen-bond acceptors (Lipinski definition) is 6. The van der Waals surface area contributed by atoms with E-state index >= 15 is 0 Å². The predicted octanol–water partition coefficient (Wildman–Crippen LogP) is 2.11. The number of carbonyl (C=O) groups is 2. The normalized spacial score (nSPS) is 9.91. The fourth-order valence-electron chi connectivity index (χ4n) is 1.43. The first-order valence-electron chi connectivity index (χ1n) is 6.23. The van der Waals surface area contributed by atoms with E-state index in [0.29, 0.717) is 17.4 Å². The highest BCUT2D eigenvalue weighted by Gasteiger charge is 1.98. The standard InChI is InChI=1S/C9H8O4.C7H6O3/c10-7-3-1-6(5-8(7)11)2-4-9(12)13;8-4-5-1-2-6(9)7(10)3-5/h1-5,10-11H,(H,12,13);1-4,9-10H/b4-2+;. The topological polar surface area (TPSA) is 135 Å². The summed E-state index contributed by atoms with van der Waals surface area (Å²) in [6.45, 7) is 0. The van der Waals surface area contributed by atoms with Crippen LogP contribution in [0.5, 0.6) is 23.0 Å². The van der Waals surface area contributed by atoms with Gasteiger partial charge in [0.05, 0.1) is 0 Å². The van der Waals surface area contributed by atoms with Gasteiger partial charge in [-0.25, -0.2) is 4.79 Å². The summed E-state index contributed by atoms with van der Waals surface area (Å²) in [6.07, 6.45) is 2.87. The summed E-state index contributed by atoms with van der Waals surface area (Å²) in [6, 6.07) is 7.93. The number of hydrogen-bond donors (Lipinski definition) is 5. The van der Waals surface area contributed by atoms with Crippen LogP contribution in [0.2, 0.25) is 0 Å². The average molecular weight is 318 g/mol. The van der Waals surface area contributed by atoms with Crippen LogP contribution in [0, 0.1) is 0 Å². The molecule has 0 aliphatic carbocycles. The van der Waals surface area contributed by atoms with Crippen molar-refractivity contribution in [2.75, 3.05) is 0 Å². The molecule has 0 unspecified atom stereocenters. The molecule has 2 aromatic rings. The van der Waals surface area contributed by atoms with E-state index in [1.807, 2.05) is 0 Å². The maximum absolute atomic E-state index is 10.1. The summed E-state index contributed by atoms with van der Waals surface area (Å²) in [5, 5.41) is 43.9. The minimum atomic E-state index is -1.06. The smallest absolute Gasteiger partial charge is 0.328 e. The molecule has 7 heteroatoms. The first-order valence-corrected chi connectivity index (χ1v) is 6.23. The molecule has 0 atom stereocenters. The monoisotopic (exact) mass is 318 g/mol. The minimum absolute atomic E-state index is 0.217. The number of carboxylic acid groups (broad SMARTS) is 1. The lowest BCUT2D eigenvalue weighted by molar-refractivity contribution is -0.131. The van der Waals surface area contributed by atoms with Crippen molar-refractivity contribution in [1.29, 1.82) is 0 Å². The number of rotatable bonds is 3. The number of carbonyl (C=O) groups excluding carboxylic acids is 1. The Labute approximate surface area is 131 Å². The van der Waals surface area contributed by atoms with Gasteiger partial charge in [0, 0.05) is 11.6 Å². The van der Waals surface area contributed by atoms with E-state index in [4.69, 9.17) is 25.5 Å². The second kappa shape index (κ2) is 8.08. The van der Waals surface area contributed by atoms with Crippen LogP contribution in [-0.2, 0) is 4.79 Å². The van der Waals surface area contributed by atoms with Crippen LogP contribution >= 0.6 is 0 Å². The Morgan fingerprint density at radius 3 is 1.70 bits per heavy atom. The number of aromatic hydroxyl groups is 4. The van der Waals surface area contributed by atoms with Gasteiger partial charge < -0.3 is 25.5 Å². The molecular formula is C16H14O7. The van der Waals surface area contributed by atoms with E-state index in [9.17, 15) is 9.59 Å². The molecule has 2 rings (SSSR count). The SMILES string of the molecule is O=C(O)/C=C/c1ccc(O)c(O)c1.O=Cc1ccc(O)c(O)c1. The molecule has 0 aromatic heterocycles. The third-order valence-electron chi connectivity index (χ3n) is 2.55. The molecule has 0 amide bonds.